The second kappa shape index (κ2) is 15.1. The maximum Gasteiger partial charge on any atom is 0.251 e. The standard InChI is InChI=1S/C21H36N4O4S/c1-5-28-19(29-6-2)15-30-14-18(21(27)23-12-7-13-25(3)4)24-20(26)16-8-10-17(22)11-9-16/h8-11,18-19H,5-7,12-15,22H2,1-4H3,(H,23,27)(H,24,26). The predicted molar refractivity (Wildman–Crippen MR) is 123 cm³/mol. The zero-order chi connectivity index (χ0) is 22.4. The van der Waals surface area contributed by atoms with Crippen LogP contribution in [0.5, 0.6) is 0 Å². The fourth-order valence-electron chi connectivity index (χ4n) is 2.59. The molecule has 0 saturated carbocycles. The molecule has 1 unspecified atom stereocenters. The van der Waals surface area contributed by atoms with Gasteiger partial charge in [-0.25, -0.2) is 0 Å². The van der Waals surface area contributed by atoms with Crippen molar-refractivity contribution in [2.45, 2.75) is 32.6 Å². The van der Waals surface area contributed by atoms with Gasteiger partial charge in [0, 0.05) is 42.5 Å². The number of anilines is 1. The van der Waals surface area contributed by atoms with E-state index < -0.39 is 6.04 Å². The van der Waals surface area contributed by atoms with Crippen LogP contribution in [0.4, 0.5) is 5.69 Å². The van der Waals surface area contributed by atoms with Crippen LogP contribution in [-0.2, 0) is 14.3 Å². The van der Waals surface area contributed by atoms with Gasteiger partial charge < -0.3 is 30.7 Å². The number of ether oxygens (including phenoxy) is 2. The topological polar surface area (TPSA) is 106 Å². The van der Waals surface area contributed by atoms with Crippen LogP contribution < -0.4 is 16.4 Å². The number of hydrogen-bond acceptors (Lipinski definition) is 7. The van der Waals surface area contributed by atoms with Crippen LogP contribution in [0.15, 0.2) is 24.3 Å². The first-order valence-electron chi connectivity index (χ1n) is 10.3. The van der Waals surface area contributed by atoms with Crippen molar-refractivity contribution in [2.75, 3.05) is 57.6 Å². The van der Waals surface area contributed by atoms with Crippen LogP contribution in [-0.4, -0.2) is 81.0 Å². The number of carbonyl (C=O) groups is 2. The van der Waals surface area contributed by atoms with Crippen LogP contribution in [0.25, 0.3) is 0 Å². The molecule has 1 rings (SSSR count). The number of nitrogens with zero attached hydrogens (tertiary/aromatic N) is 1. The van der Waals surface area contributed by atoms with E-state index in [0.717, 1.165) is 13.0 Å². The third-order valence-electron chi connectivity index (χ3n) is 4.12. The van der Waals surface area contributed by atoms with E-state index in [-0.39, 0.29) is 18.1 Å². The summed E-state index contributed by atoms with van der Waals surface area (Å²) in [5.74, 6) is 0.477. The third kappa shape index (κ3) is 10.8. The van der Waals surface area contributed by atoms with Crippen molar-refractivity contribution < 1.29 is 19.1 Å². The molecule has 4 N–H and O–H groups in total. The molecule has 9 heteroatoms. The van der Waals surface area contributed by atoms with Crippen molar-refractivity contribution in [2.24, 2.45) is 0 Å². The molecular formula is C21H36N4O4S. The number of amides is 2. The Morgan fingerprint density at radius 1 is 1.10 bits per heavy atom. The van der Waals surface area contributed by atoms with Crippen molar-refractivity contribution in [1.82, 2.24) is 15.5 Å². The molecule has 0 aliphatic rings. The number of carbonyl (C=O) groups excluding carboxylic acids is 2. The molecule has 1 aromatic carbocycles. The number of hydrogen-bond donors (Lipinski definition) is 3. The van der Waals surface area contributed by atoms with Gasteiger partial charge in [0.05, 0.1) is 0 Å². The monoisotopic (exact) mass is 440 g/mol. The van der Waals surface area contributed by atoms with E-state index in [2.05, 4.69) is 15.5 Å². The lowest BCUT2D eigenvalue weighted by Crippen LogP contribution is -2.48. The summed E-state index contributed by atoms with van der Waals surface area (Å²) in [5, 5.41) is 5.75. The Morgan fingerprint density at radius 3 is 2.30 bits per heavy atom. The molecule has 0 aliphatic carbocycles. The molecule has 0 spiro atoms. The van der Waals surface area contributed by atoms with E-state index in [4.69, 9.17) is 15.2 Å². The van der Waals surface area contributed by atoms with Crippen LogP contribution >= 0.6 is 11.8 Å². The first kappa shape index (κ1) is 26.2. The molecule has 1 aromatic rings. The molecule has 0 bridgehead atoms. The molecule has 30 heavy (non-hydrogen) atoms. The quantitative estimate of drug-likeness (QED) is 0.216. The number of benzene rings is 1. The fourth-order valence-corrected chi connectivity index (χ4v) is 3.58. The Labute approximate surface area is 184 Å². The van der Waals surface area contributed by atoms with Crippen molar-refractivity contribution in [1.29, 1.82) is 0 Å². The van der Waals surface area contributed by atoms with E-state index >= 15 is 0 Å². The lowest BCUT2D eigenvalue weighted by molar-refractivity contribution is -0.122. The summed E-state index contributed by atoms with van der Waals surface area (Å²) in [6, 6.07) is 5.95. The first-order chi connectivity index (χ1) is 14.4. The maximum absolute atomic E-state index is 12.7. The first-order valence-corrected chi connectivity index (χ1v) is 11.4. The summed E-state index contributed by atoms with van der Waals surface area (Å²) in [5.41, 5.74) is 6.72. The zero-order valence-electron chi connectivity index (χ0n) is 18.5. The number of thioether (sulfide) groups is 1. The Kier molecular flexibility index (Phi) is 13.2. The second-order valence-corrected chi connectivity index (χ2v) is 8.05. The van der Waals surface area contributed by atoms with Crippen LogP contribution in [0.1, 0.15) is 30.6 Å². The van der Waals surface area contributed by atoms with Gasteiger partial charge in [-0.1, -0.05) is 0 Å². The van der Waals surface area contributed by atoms with Crippen molar-refractivity contribution in [3.8, 4) is 0 Å². The molecule has 0 fully saturated rings. The second-order valence-electron chi connectivity index (χ2n) is 6.97. The van der Waals surface area contributed by atoms with Crippen LogP contribution in [0.2, 0.25) is 0 Å². The highest BCUT2D eigenvalue weighted by molar-refractivity contribution is 7.99. The van der Waals surface area contributed by atoms with Gasteiger partial charge in [-0.05, 0) is 65.2 Å². The van der Waals surface area contributed by atoms with Gasteiger partial charge in [-0.15, -0.1) is 0 Å². The van der Waals surface area contributed by atoms with Gasteiger partial charge in [0.25, 0.3) is 5.91 Å². The van der Waals surface area contributed by atoms with E-state index in [1.54, 1.807) is 24.3 Å². The summed E-state index contributed by atoms with van der Waals surface area (Å²) in [6.07, 6.45) is 0.503. The summed E-state index contributed by atoms with van der Waals surface area (Å²) in [7, 11) is 3.97. The average Bonchev–Trinajstić information content (AvgIpc) is 2.70. The zero-order valence-corrected chi connectivity index (χ0v) is 19.3. The van der Waals surface area contributed by atoms with Crippen molar-refractivity contribution >= 4 is 29.3 Å². The Morgan fingerprint density at radius 2 is 1.73 bits per heavy atom. The number of rotatable bonds is 15. The Balaban J connectivity index is 2.68. The molecular weight excluding hydrogens is 404 g/mol. The number of nitrogens with two attached hydrogens (primary N) is 1. The highest BCUT2D eigenvalue weighted by atomic mass is 32.2. The van der Waals surface area contributed by atoms with E-state index in [9.17, 15) is 9.59 Å². The minimum atomic E-state index is -0.664. The normalized spacial score (nSPS) is 12.2. The van der Waals surface area contributed by atoms with Gasteiger partial charge in [0.1, 0.15) is 6.04 Å². The SMILES string of the molecule is CCOC(CSCC(NC(=O)c1ccc(N)cc1)C(=O)NCCCN(C)C)OCC. The summed E-state index contributed by atoms with van der Waals surface area (Å²) in [4.78, 5) is 27.4. The summed E-state index contributed by atoms with van der Waals surface area (Å²) < 4.78 is 11.1. The molecule has 0 aliphatic heterocycles. The van der Waals surface area contributed by atoms with Gasteiger partial charge in [-0.2, -0.15) is 11.8 Å². The smallest absolute Gasteiger partial charge is 0.251 e. The van der Waals surface area contributed by atoms with E-state index in [1.165, 1.54) is 11.8 Å². The van der Waals surface area contributed by atoms with Gasteiger partial charge in [0.2, 0.25) is 5.91 Å². The fraction of sp³-hybridized carbons (Fsp3) is 0.619. The molecule has 170 valence electrons. The maximum atomic E-state index is 12.7. The van der Waals surface area contributed by atoms with Gasteiger partial charge >= 0.3 is 0 Å². The molecule has 2 amide bonds. The largest absolute Gasteiger partial charge is 0.399 e. The average molecular weight is 441 g/mol. The molecule has 0 heterocycles. The van der Waals surface area contributed by atoms with Gasteiger partial charge in [0.15, 0.2) is 6.29 Å². The lowest BCUT2D eigenvalue weighted by Gasteiger charge is -2.21. The lowest BCUT2D eigenvalue weighted by atomic mass is 10.2. The highest BCUT2D eigenvalue weighted by Gasteiger charge is 2.22. The molecule has 0 saturated heterocycles. The third-order valence-corrected chi connectivity index (χ3v) is 5.20. The van der Waals surface area contributed by atoms with Crippen molar-refractivity contribution in [3.05, 3.63) is 29.8 Å². The molecule has 1 atom stereocenters. The Hall–Kier alpha value is -1.81. The minimum absolute atomic E-state index is 0.200. The summed E-state index contributed by atoms with van der Waals surface area (Å²) >= 11 is 1.51. The number of nitrogen functional groups attached to an aromatic ring is 1. The Bertz CT molecular complexity index is 622. The molecule has 0 aromatic heterocycles. The summed E-state index contributed by atoms with van der Waals surface area (Å²) in [6.45, 7) is 6.35. The molecule has 8 nitrogen and oxygen atoms in total. The minimum Gasteiger partial charge on any atom is -0.399 e. The van der Waals surface area contributed by atoms with E-state index in [0.29, 0.717) is 42.5 Å². The van der Waals surface area contributed by atoms with Crippen LogP contribution in [0.3, 0.4) is 0 Å². The van der Waals surface area contributed by atoms with E-state index in [1.807, 2.05) is 27.9 Å². The highest BCUT2D eigenvalue weighted by Crippen LogP contribution is 2.11. The number of nitrogens with one attached hydrogen (secondary N) is 2. The predicted octanol–water partition coefficient (Wildman–Crippen LogP) is 1.57. The van der Waals surface area contributed by atoms with Gasteiger partial charge in [-0.3, -0.25) is 9.59 Å². The molecule has 0 radical (unpaired) electrons. The van der Waals surface area contributed by atoms with Crippen molar-refractivity contribution in [3.63, 3.8) is 0 Å². The van der Waals surface area contributed by atoms with Crippen LogP contribution in [0, 0.1) is 0 Å².